The highest BCUT2D eigenvalue weighted by Gasteiger charge is 2.34. The second-order valence-corrected chi connectivity index (χ2v) is 4.76. The van der Waals surface area contributed by atoms with E-state index in [-0.39, 0.29) is 17.0 Å². The molecule has 0 amide bonds. The van der Waals surface area contributed by atoms with Crippen molar-refractivity contribution in [2.24, 2.45) is 7.05 Å². The SMILES string of the molecule is Cn1c(-c2nc(C(=O)O)ccc2F)nc2cc(C(F)(F)F)nnc21. The molecule has 3 aromatic heterocycles. The maximum Gasteiger partial charge on any atom is 0.435 e. The second kappa shape index (κ2) is 5.22. The number of imidazole rings is 1. The van der Waals surface area contributed by atoms with Gasteiger partial charge in [-0.3, -0.25) is 0 Å². The molecule has 0 aliphatic rings. The molecule has 1 N–H and O–H groups in total. The van der Waals surface area contributed by atoms with Crippen molar-refractivity contribution in [1.29, 1.82) is 0 Å². The van der Waals surface area contributed by atoms with Gasteiger partial charge in [-0.25, -0.2) is 19.2 Å². The molecule has 0 spiro atoms. The summed E-state index contributed by atoms with van der Waals surface area (Å²) in [6, 6.07) is 2.52. The summed E-state index contributed by atoms with van der Waals surface area (Å²) in [6.45, 7) is 0. The number of aromatic nitrogens is 5. The summed E-state index contributed by atoms with van der Waals surface area (Å²) in [5.41, 5.74) is -2.28. The molecule has 0 aliphatic heterocycles. The molecule has 0 saturated carbocycles. The van der Waals surface area contributed by atoms with Crippen LogP contribution in [0.2, 0.25) is 0 Å². The molecule has 7 nitrogen and oxygen atoms in total. The average molecular weight is 341 g/mol. The fourth-order valence-electron chi connectivity index (χ4n) is 2.05. The van der Waals surface area contributed by atoms with Crippen LogP contribution in [-0.2, 0) is 13.2 Å². The number of carbonyl (C=O) groups is 1. The van der Waals surface area contributed by atoms with Crippen LogP contribution in [0.25, 0.3) is 22.7 Å². The van der Waals surface area contributed by atoms with E-state index in [2.05, 4.69) is 20.2 Å². The van der Waals surface area contributed by atoms with Gasteiger partial charge in [-0.1, -0.05) is 0 Å². The van der Waals surface area contributed by atoms with Gasteiger partial charge < -0.3 is 9.67 Å². The average Bonchev–Trinajstić information content (AvgIpc) is 2.83. The molecule has 0 aliphatic carbocycles. The number of carboxylic acid groups (broad SMARTS) is 1. The molecule has 0 radical (unpaired) electrons. The van der Waals surface area contributed by atoms with Crippen LogP contribution < -0.4 is 0 Å². The zero-order chi connectivity index (χ0) is 17.6. The topological polar surface area (TPSA) is 93.8 Å². The number of aromatic carboxylic acids is 1. The van der Waals surface area contributed by atoms with Crippen molar-refractivity contribution >= 4 is 17.1 Å². The minimum Gasteiger partial charge on any atom is -0.477 e. The molecule has 124 valence electrons. The van der Waals surface area contributed by atoms with Gasteiger partial charge in [-0.2, -0.15) is 13.2 Å². The van der Waals surface area contributed by atoms with Crippen molar-refractivity contribution in [3.05, 3.63) is 35.4 Å². The molecule has 0 aromatic carbocycles. The van der Waals surface area contributed by atoms with Crippen LogP contribution in [-0.4, -0.2) is 35.8 Å². The van der Waals surface area contributed by atoms with Crippen LogP contribution in [0.15, 0.2) is 18.2 Å². The van der Waals surface area contributed by atoms with E-state index in [4.69, 9.17) is 5.11 Å². The summed E-state index contributed by atoms with van der Waals surface area (Å²) < 4.78 is 53.2. The van der Waals surface area contributed by atoms with Gasteiger partial charge >= 0.3 is 12.1 Å². The predicted octanol–water partition coefficient (Wildman–Crippen LogP) is 2.28. The summed E-state index contributed by atoms with van der Waals surface area (Å²) in [7, 11) is 1.38. The highest BCUT2D eigenvalue weighted by atomic mass is 19.4. The zero-order valence-electron chi connectivity index (χ0n) is 11.8. The Morgan fingerprint density at radius 1 is 1.21 bits per heavy atom. The lowest BCUT2D eigenvalue weighted by molar-refractivity contribution is -0.141. The summed E-state index contributed by atoms with van der Waals surface area (Å²) in [5, 5.41) is 15.4. The molecule has 0 fully saturated rings. The van der Waals surface area contributed by atoms with Crippen molar-refractivity contribution in [3.8, 4) is 11.5 Å². The summed E-state index contributed by atoms with van der Waals surface area (Å²) in [4.78, 5) is 18.5. The number of alkyl halides is 3. The number of pyridine rings is 1. The van der Waals surface area contributed by atoms with E-state index in [1.54, 1.807) is 0 Å². The third-order valence-corrected chi connectivity index (χ3v) is 3.18. The first-order chi connectivity index (χ1) is 11.2. The Morgan fingerprint density at radius 3 is 2.54 bits per heavy atom. The molecule has 3 aromatic rings. The van der Waals surface area contributed by atoms with Crippen molar-refractivity contribution in [2.45, 2.75) is 6.18 Å². The normalized spacial score (nSPS) is 11.9. The Bertz CT molecular complexity index is 967. The predicted molar refractivity (Wildman–Crippen MR) is 71.5 cm³/mol. The number of fused-ring (bicyclic) bond motifs is 1. The van der Waals surface area contributed by atoms with E-state index in [1.165, 1.54) is 11.6 Å². The molecule has 3 heterocycles. The van der Waals surface area contributed by atoms with Gasteiger partial charge in [0.25, 0.3) is 0 Å². The van der Waals surface area contributed by atoms with E-state index in [0.717, 1.165) is 12.1 Å². The number of aryl methyl sites for hydroxylation is 1. The van der Waals surface area contributed by atoms with Crippen LogP contribution in [0, 0.1) is 5.82 Å². The molecule has 0 saturated heterocycles. The van der Waals surface area contributed by atoms with Crippen LogP contribution in [0.5, 0.6) is 0 Å². The van der Waals surface area contributed by atoms with E-state index >= 15 is 0 Å². The Kier molecular flexibility index (Phi) is 3.43. The van der Waals surface area contributed by atoms with Crippen LogP contribution in [0.1, 0.15) is 16.2 Å². The molecular weight excluding hydrogens is 334 g/mol. The molecule has 3 rings (SSSR count). The number of hydrogen-bond donors (Lipinski definition) is 1. The maximum atomic E-state index is 14.0. The van der Waals surface area contributed by atoms with Crippen molar-refractivity contribution in [1.82, 2.24) is 24.7 Å². The summed E-state index contributed by atoms with van der Waals surface area (Å²) in [6.07, 6.45) is -4.70. The lowest BCUT2D eigenvalue weighted by atomic mass is 10.2. The third kappa shape index (κ3) is 2.53. The van der Waals surface area contributed by atoms with Crippen LogP contribution in [0.4, 0.5) is 17.6 Å². The first-order valence-corrected chi connectivity index (χ1v) is 6.36. The van der Waals surface area contributed by atoms with Gasteiger partial charge in [0.2, 0.25) is 0 Å². The number of nitrogens with zero attached hydrogens (tertiary/aromatic N) is 5. The first kappa shape index (κ1) is 15.8. The molecular formula is C13H7F4N5O2. The minimum atomic E-state index is -4.70. The van der Waals surface area contributed by atoms with Gasteiger partial charge in [-0.05, 0) is 12.1 Å². The van der Waals surface area contributed by atoms with Crippen molar-refractivity contribution < 1.29 is 27.5 Å². The molecule has 0 unspecified atom stereocenters. The van der Waals surface area contributed by atoms with Gasteiger partial charge in [0.05, 0.1) is 0 Å². The maximum absolute atomic E-state index is 14.0. The minimum absolute atomic E-state index is 0.0278. The van der Waals surface area contributed by atoms with E-state index in [1.807, 2.05) is 0 Å². The number of hydrogen-bond acceptors (Lipinski definition) is 5. The Labute approximate surface area is 130 Å². The second-order valence-electron chi connectivity index (χ2n) is 4.76. The first-order valence-electron chi connectivity index (χ1n) is 6.36. The van der Waals surface area contributed by atoms with Crippen molar-refractivity contribution in [2.75, 3.05) is 0 Å². The Morgan fingerprint density at radius 2 is 1.92 bits per heavy atom. The Balaban J connectivity index is 2.22. The number of rotatable bonds is 2. The summed E-state index contributed by atoms with van der Waals surface area (Å²) >= 11 is 0. The van der Waals surface area contributed by atoms with E-state index in [9.17, 15) is 22.4 Å². The third-order valence-electron chi connectivity index (χ3n) is 3.18. The zero-order valence-corrected chi connectivity index (χ0v) is 11.8. The van der Waals surface area contributed by atoms with Crippen molar-refractivity contribution in [3.63, 3.8) is 0 Å². The lowest BCUT2D eigenvalue weighted by Gasteiger charge is -2.04. The standard InChI is InChI=1S/C13H7F4N5O2/c1-22-10-7(4-8(20-21-10)13(15,16)17)19-11(22)9-5(14)2-3-6(18-9)12(23)24/h2-4H,1H3,(H,23,24). The smallest absolute Gasteiger partial charge is 0.435 e. The van der Waals surface area contributed by atoms with Gasteiger partial charge in [-0.15, -0.1) is 10.2 Å². The lowest BCUT2D eigenvalue weighted by Crippen LogP contribution is -2.09. The highest BCUT2D eigenvalue weighted by Crippen LogP contribution is 2.30. The van der Waals surface area contributed by atoms with E-state index in [0.29, 0.717) is 6.07 Å². The Hall–Kier alpha value is -3.11. The van der Waals surface area contributed by atoms with Gasteiger partial charge in [0.15, 0.2) is 23.0 Å². The van der Waals surface area contributed by atoms with Gasteiger partial charge in [0.1, 0.15) is 16.9 Å². The molecule has 11 heteroatoms. The van der Waals surface area contributed by atoms with E-state index < -0.39 is 35.0 Å². The fraction of sp³-hybridized carbons (Fsp3) is 0.154. The quantitative estimate of drug-likeness (QED) is 0.719. The monoisotopic (exact) mass is 341 g/mol. The number of carboxylic acids is 1. The molecule has 0 bridgehead atoms. The van der Waals surface area contributed by atoms with Crippen LogP contribution >= 0.6 is 0 Å². The van der Waals surface area contributed by atoms with Crippen LogP contribution in [0.3, 0.4) is 0 Å². The summed E-state index contributed by atoms with van der Waals surface area (Å²) in [5.74, 6) is -2.42. The van der Waals surface area contributed by atoms with Gasteiger partial charge in [0, 0.05) is 13.1 Å². The number of halogens is 4. The largest absolute Gasteiger partial charge is 0.477 e. The fourth-order valence-corrected chi connectivity index (χ4v) is 2.05. The molecule has 24 heavy (non-hydrogen) atoms. The molecule has 0 atom stereocenters. The highest BCUT2D eigenvalue weighted by molar-refractivity contribution is 5.86.